The van der Waals surface area contributed by atoms with Gasteiger partial charge in [0.05, 0.1) is 11.9 Å². The third kappa shape index (κ3) is 5.03. The summed E-state index contributed by atoms with van der Waals surface area (Å²) in [4.78, 5) is 25.6. The maximum Gasteiger partial charge on any atom is 0.406 e. The van der Waals surface area contributed by atoms with Crippen molar-refractivity contribution < 1.29 is 22.8 Å². The van der Waals surface area contributed by atoms with E-state index >= 15 is 0 Å². The number of benzene rings is 1. The van der Waals surface area contributed by atoms with Crippen LogP contribution in [0.15, 0.2) is 36.5 Å². The lowest BCUT2D eigenvalue weighted by atomic mass is 10.3. The minimum atomic E-state index is -4.64. The van der Waals surface area contributed by atoms with Crippen molar-refractivity contribution in [3.63, 3.8) is 0 Å². The zero-order valence-electron chi connectivity index (χ0n) is 13.6. The van der Waals surface area contributed by atoms with Gasteiger partial charge in [0.15, 0.2) is 5.69 Å². The SMILES string of the molecule is CN(C)C(=O)CN(CC(F)(F)F)C(=O)c1cn(-c2ccccc2)nn1. The highest BCUT2D eigenvalue weighted by atomic mass is 19.4. The van der Waals surface area contributed by atoms with Crippen LogP contribution in [0.1, 0.15) is 10.5 Å². The zero-order chi connectivity index (χ0) is 18.6. The Kier molecular flexibility index (Phi) is 5.40. The van der Waals surface area contributed by atoms with Crippen LogP contribution in [0.5, 0.6) is 0 Å². The molecule has 1 heterocycles. The monoisotopic (exact) mass is 355 g/mol. The maximum absolute atomic E-state index is 12.7. The molecule has 0 aliphatic rings. The van der Waals surface area contributed by atoms with E-state index in [9.17, 15) is 22.8 Å². The van der Waals surface area contributed by atoms with E-state index in [4.69, 9.17) is 0 Å². The van der Waals surface area contributed by atoms with E-state index in [1.54, 1.807) is 30.3 Å². The second kappa shape index (κ2) is 7.32. The number of amides is 2. The molecule has 0 aliphatic heterocycles. The van der Waals surface area contributed by atoms with Crippen molar-refractivity contribution in [3.05, 3.63) is 42.2 Å². The minimum absolute atomic E-state index is 0.278. The molecule has 0 radical (unpaired) electrons. The van der Waals surface area contributed by atoms with E-state index in [2.05, 4.69) is 10.3 Å². The van der Waals surface area contributed by atoms with Gasteiger partial charge in [-0.15, -0.1) is 5.10 Å². The lowest BCUT2D eigenvalue weighted by Gasteiger charge is -2.23. The fourth-order valence-electron chi connectivity index (χ4n) is 1.95. The fourth-order valence-corrected chi connectivity index (χ4v) is 1.95. The van der Waals surface area contributed by atoms with Gasteiger partial charge < -0.3 is 9.80 Å². The number of rotatable bonds is 5. The number of carbonyl (C=O) groups excluding carboxylic acids is 2. The van der Waals surface area contributed by atoms with Crippen molar-refractivity contribution in [3.8, 4) is 5.69 Å². The van der Waals surface area contributed by atoms with Gasteiger partial charge in [0, 0.05) is 14.1 Å². The second-order valence-electron chi connectivity index (χ2n) is 5.45. The molecule has 1 aromatic heterocycles. The first-order valence-electron chi connectivity index (χ1n) is 7.21. The van der Waals surface area contributed by atoms with Crippen molar-refractivity contribution >= 4 is 11.8 Å². The Bertz CT molecular complexity index is 743. The first kappa shape index (κ1) is 18.4. The molecule has 0 N–H and O–H groups in total. The number of hydrogen-bond donors (Lipinski definition) is 0. The Balaban J connectivity index is 2.23. The first-order chi connectivity index (χ1) is 11.7. The topological polar surface area (TPSA) is 71.3 Å². The molecule has 0 spiro atoms. The Morgan fingerprint density at radius 1 is 1.16 bits per heavy atom. The van der Waals surface area contributed by atoms with E-state index < -0.39 is 31.1 Å². The van der Waals surface area contributed by atoms with Crippen molar-refractivity contribution in [2.45, 2.75) is 6.18 Å². The van der Waals surface area contributed by atoms with Gasteiger partial charge in [-0.1, -0.05) is 23.4 Å². The van der Waals surface area contributed by atoms with E-state index in [1.807, 2.05) is 0 Å². The van der Waals surface area contributed by atoms with Gasteiger partial charge in [-0.05, 0) is 12.1 Å². The first-order valence-corrected chi connectivity index (χ1v) is 7.21. The Morgan fingerprint density at radius 2 is 1.80 bits per heavy atom. The van der Waals surface area contributed by atoms with Gasteiger partial charge in [0.2, 0.25) is 5.91 Å². The quantitative estimate of drug-likeness (QED) is 0.812. The number of carbonyl (C=O) groups is 2. The average molecular weight is 355 g/mol. The molecule has 0 aliphatic carbocycles. The molecule has 134 valence electrons. The van der Waals surface area contributed by atoms with Crippen molar-refractivity contribution in [2.24, 2.45) is 0 Å². The molecule has 25 heavy (non-hydrogen) atoms. The molecule has 0 atom stereocenters. The van der Waals surface area contributed by atoms with E-state index in [0.717, 1.165) is 4.90 Å². The van der Waals surface area contributed by atoms with Crippen LogP contribution in [-0.4, -0.2) is 70.0 Å². The van der Waals surface area contributed by atoms with Crippen LogP contribution in [0.2, 0.25) is 0 Å². The molecular weight excluding hydrogens is 339 g/mol. The van der Waals surface area contributed by atoms with E-state index in [0.29, 0.717) is 10.6 Å². The van der Waals surface area contributed by atoms with Crippen molar-refractivity contribution in [1.29, 1.82) is 0 Å². The Hall–Kier alpha value is -2.91. The summed E-state index contributed by atoms with van der Waals surface area (Å²) >= 11 is 0. The highest BCUT2D eigenvalue weighted by molar-refractivity contribution is 5.94. The number of halogens is 3. The van der Waals surface area contributed by atoms with Crippen LogP contribution < -0.4 is 0 Å². The molecule has 2 rings (SSSR count). The summed E-state index contributed by atoms with van der Waals surface area (Å²) in [5.74, 6) is -1.65. The molecule has 0 unspecified atom stereocenters. The van der Waals surface area contributed by atoms with Crippen LogP contribution in [0.3, 0.4) is 0 Å². The number of alkyl halides is 3. The average Bonchev–Trinajstić information content (AvgIpc) is 3.03. The van der Waals surface area contributed by atoms with Crippen LogP contribution in [0.4, 0.5) is 13.2 Å². The third-order valence-electron chi connectivity index (χ3n) is 3.22. The third-order valence-corrected chi connectivity index (χ3v) is 3.22. The molecule has 1 aromatic carbocycles. The molecule has 0 fully saturated rings. The van der Waals surface area contributed by atoms with Gasteiger partial charge in [-0.3, -0.25) is 9.59 Å². The predicted octanol–water partition coefficient (Wildman–Crippen LogP) is 1.36. The summed E-state index contributed by atoms with van der Waals surface area (Å²) in [7, 11) is 2.79. The number of aromatic nitrogens is 3. The molecule has 0 saturated carbocycles. The standard InChI is InChI=1S/C15H16F3N5O2/c1-21(2)13(24)9-22(10-15(16,17)18)14(25)12-8-23(20-19-12)11-6-4-3-5-7-11/h3-8H,9-10H2,1-2H3. The molecular formula is C15H16F3N5O2. The number of likely N-dealkylation sites (N-methyl/N-ethyl adjacent to an activating group) is 1. The number of para-hydroxylation sites is 1. The van der Waals surface area contributed by atoms with Crippen LogP contribution in [0, 0.1) is 0 Å². The van der Waals surface area contributed by atoms with Gasteiger partial charge in [-0.2, -0.15) is 13.2 Å². The summed E-state index contributed by atoms with van der Waals surface area (Å²) in [6, 6.07) is 8.66. The molecule has 0 saturated heterocycles. The Morgan fingerprint density at radius 3 is 2.36 bits per heavy atom. The summed E-state index contributed by atoms with van der Waals surface area (Å²) in [6.45, 7) is -2.26. The minimum Gasteiger partial charge on any atom is -0.347 e. The van der Waals surface area contributed by atoms with Crippen LogP contribution >= 0.6 is 0 Å². The molecule has 7 nitrogen and oxygen atoms in total. The number of nitrogens with zero attached hydrogens (tertiary/aromatic N) is 5. The van der Waals surface area contributed by atoms with Gasteiger partial charge in [0.25, 0.3) is 5.91 Å². The van der Waals surface area contributed by atoms with Crippen LogP contribution in [-0.2, 0) is 4.79 Å². The second-order valence-corrected chi connectivity index (χ2v) is 5.45. The highest BCUT2D eigenvalue weighted by Crippen LogP contribution is 2.18. The predicted molar refractivity (Wildman–Crippen MR) is 82.0 cm³/mol. The summed E-state index contributed by atoms with van der Waals surface area (Å²) < 4.78 is 39.5. The normalized spacial score (nSPS) is 11.2. The summed E-state index contributed by atoms with van der Waals surface area (Å²) in [5.41, 5.74) is 0.320. The fraction of sp³-hybridized carbons (Fsp3) is 0.333. The van der Waals surface area contributed by atoms with Crippen LogP contribution in [0.25, 0.3) is 5.69 Å². The molecule has 10 heteroatoms. The summed E-state index contributed by atoms with van der Waals surface area (Å²) in [5, 5.41) is 7.37. The summed E-state index contributed by atoms with van der Waals surface area (Å²) in [6.07, 6.45) is -3.42. The van der Waals surface area contributed by atoms with Crippen molar-refractivity contribution in [1.82, 2.24) is 24.8 Å². The lowest BCUT2D eigenvalue weighted by Crippen LogP contribution is -2.45. The maximum atomic E-state index is 12.7. The van der Waals surface area contributed by atoms with Gasteiger partial charge in [-0.25, -0.2) is 4.68 Å². The zero-order valence-corrected chi connectivity index (χ0v) is 13.6. The smallest absolute Gasteiger partial charge is 0.347 e. The lowest BCUT2D eigenvalue weighted by molar-refractivity contribution is -0.146. The molecule has 2 amide bonds. The molecule has 2 aromatic rings. The van der Waals surface area contributed by atoms with Crippen molar-refractivity contribution in [2.75, 3.05) is 27.2 Å². The van der Waals surface area contributed by atoms with E-state index in [-0.39, 0.29) is 5.69 Å². The Labute approximate surface area is 141 Å². The number of hydrogen-bond acceptors (Lipinski definition) is 4. The van der Waals surface area contributed by atoms with Gasteiger partial charge in [0.1, 0.15) is 13.1 Å². The highest BCUT2D eigenvalue weighted by Gasteiger charge is 2.35. The molecule has 0 bridgehead atoms. The van der Waals surface area contributed by atoms with E-state index in [1.165, 1.54) is 25.0 Å². The largest absolute Gasteiger partial charge is 0.406 e. The van der Waals surface area contributed by atoms with Gasteiger partial charge >= 0.3 is 6.18 Å².